The summed E-state index contributed by atoms with van der Waals surface area (Å²) in [5, 5.41) is 16.6. The van der Waals surface area contributed by atoms with E-state index in [2.05, 4.69) is 15.1 Å². The normalized spacial score (nSPS) is 17.8. The Balaban J connectivity index is 1.28. The third-order valence-electron chi connectivity index (χ3n) is 6.03. The van der Waals surface area contributed by atoms with Crippen LogP contribution in [0.2, 0.25) is 0 Å². The van der Waals surface area contributed by atoms with Gasteiger partial charge in [0.2, 0.25) is 11.8 Å². The summed E-state index contributed by atoms with van der Waals surface area (Å²) in [6.45, 7) is 4.26. The molecule has 30 heavy (non-hydrogen) atoms. The molecule has 0 aliphatic carbocycles. The van der Waals surface area contributed by atoms with Crippen LogP contribution in [0, 0.1) is 5.92 Å². The van der Waals surface area contributed by atoms with Crippen molar-refractivity contribution in [2.24, 2.45) is 5.92 Å². The minimum absolute atomic E-state index is 0.121. The molecule has 164 valence electrons. The van der Waals surface area contributed by atoms with Gasteiger partial charge in [-0.3, -0.25) is 14.4 Å². The average molecular weight is 418 g/mol. The van der Waals surface area contributed by atoms with Crippen LogP contribution in [0.1, 0.15) is 44.9 Å². The van der Waals surface area contributed by atoms with Gasteiger partial charge in [-0.2, -0.15) is 10.2 Å². The lowest BCUT2D eigenvalue weighted by Gasteiger charge is -2.36. The highest BCUT2D eigenvalue weighted by atomic mass is 16.4. The summed E-state index contributed by atoms with van der Waals surface area (Å²) in [6, 6.07) is 1.93. The lowest BCUT2D eigenvalue weighted by atomic mass is 9.93. The van der Waals surface area contributed by atoms with E-state index in [0.29, 0.717) is 51.9 Å². The summed E-state index contributed by atoms with van der Waals surface area (Å²) >= 11 is 0. The van der Waals surface area contributed by atoms with Crippen molar-refractivity contribution in [2.45, 2.75) is 44.9 Å². The molecule has 2 fully saturated rings. The third-order valence-corrected chi connectivity index (χ3v) is 6.03. The maximum absolute atomic E-state index is 12.5. The molecule has 0 radical (unpaired) electrons. The maximum Gasteiger partial charge on any atom is 0.303 e. The summed E-state index contributed by atoms with van der Waals surface area (Å²) in [7, 11) is 0. The maximum atomic E-state index is 12.5. The lowest BCUT2D eigenvalue weighted by molar-refractivity contribution is -0.139. The van der Waals surface area contributed by atoms with Gasteiger partial charge < -0.3 is 19.8 Å². The molecule has 1 N–H and O–H groups in total. The Bertz CT molecular complexity index is 713. The number of carbonyl (C=O) groups is 3. The first-order chi connectivity index (χ1) is 14.5. The number of unbranched alkanes of at least 4 members (excludes halogenated alkanes) is 1. The first-order valence-electron chi connectivity index (χ1n) is 10.8. The van der Waals surface area contributed by atoms with Crippen LogP contribution in [0.5, 0.6) is 0 Å². The second-order valence-corrected chi connectivity index (χ2v) is 8.10. The van der Waals surface area contributed by atoms with Crippen LogP contribution in [0.4, 0.5) is 5.69 Å². The molecule has 0 bridgehead atoms. The van der Waals surface area contributed by atoms with Crippen LogP contribution in [-0.4, -0.2) is 82.2 Å². The number of piperazine rings is 1. The van der Waals surface area contributed by atoms with Crippen molar-refractivity contribution in [3.63, 3.8) is 0 Å². The number of hydrogen-bond acceptors (Lipinski definition) is 6. The zero-order valence-electron chi connectivity index (χ0n) is 17.4. The molecule has 3 heterocycles. The molecule has 9 heteroatoms. The quantitative estimate of drug-likeness (QED) is 0.637. The molecule has 0 unspecified atom stereocenters. The number of aromatic nitrogens is 2. The molecule has 1 aromatic rings. The van der Waals surface area contributed by atoms with Crippen LogP contribution < -0.4 is 4.90 Å². The number of amides is 2. The van der Waals surface area contributed by atoms with Gasteiger partial charge in [0.25, 0.3) is 0 Å². The standard InChI is InChI=1S/C21H31N5O4/c27-19(25-9-6-17(7-10-25)15-21(29)30)3-1-2-4-20(28)26-13-11-24(12-14-26)18-5-8-22-23-16-18/h5,8,16-17H,1-4,6-7,9-15H2,(H,29,30). The molecule has 2 saturated heterocycles. The van der Waals surface area contributed by atoms with Crippen LogP contribution >= 0.6 is 0 Å². The molecule has 3 rings (SSSR count). The van der Waals surface area contributed by atoms with E-state index in [0.717, 1.165) is 31.6 Å². The van der Waals surface area contributed by atoms with E-state index in [9.17, 15) is 14.4 Å². The Kier molecular flexibility index (Phi) is 7.98. The largest absolute Gasteiger partial charge is 0.481 e. The Labute approximate surface area is 177 Å². The lowest BCUT2D eigenvalue weighted by Crippen LogP contribution is -2.48. The fourth-order valence-corrected chi connectivity index (χ4v) is 4.19. The van der Waals surface area contributed by atoms with Crippen molar-refractivity contribution < 1.29 is 19.5 Å². The van der Waals surface area contributed by atoms with Crippen LogP contribution in [-0.2, 0) is 14.4 Å². The van der Waals surface area contributed by atoms with Crippen molar-refractivity contribution in [3.05, 3.63) is 18.5 Å². The first-order valence-corrected chi connectivity index (χ1v) is 10.8. The smallest absolute Gasteiger partial charge is 0.303 e. The minimum Gasteiger partial charge on any atom is -0.481 e. The van der Waals surface area contributed by atoms with E-state index in [1.165, 1.54) is 0 Å². The second-order valence-electron chi connectivity index (χ2n) is 8.10. The zero-order valence-corrected chi connectivity index (χ0v) is 17.4. The third kappa shape index (κ3) is 6.40. The minimum atomic E-state index is -0.764. The summed E-state index contributed by atoms with van der Waals surface area (Å²) in [4.78, 5) is 41.5. The van der Waals surface area contributed by atoms with Gasteiger partial charge in [0, 0.05) is 58.5 Å². The number of piperidine rings is 1. The van der Waals surface area contributed by atoms with Gasteiger partial charge in [-0.1, -0.05) is 0 Å². The van der Waals surface area contributed by atoms with Gasteiger partial charge >= 0.3 is 5.97 Å². The van der Waals surface area contributed by atoms with Crippen molar-refractivity contribution in [2.75, 3.05) is 44.2 Å². The topological polar surface area (TPSA) is 107 Å². The highest BCUT2D eigenvalue weighted by molar-refractivity contribution is 5.77. The van der Waals surface area contributed by atoms with E-state index in [1.54, 1.807) is 12.4 Å². The molecule has 0 spiro atoms. The van der Waals surface area contributed by atoms with E-state index in [4.69, 9.17) is 5.11 Å². The Morgan fingerprint density at radius 3 is 2.03 bits per heavy atom. The highest BCUT2D eigenvalue weighted by Gasteiger charge is 2.24. The summed E-state index contributed by atoms with van der Waals surface area (Å²) in [6.07, 6.45) is 7.49. The predicted octanol–water partition coefficient (Wildman–Crippen LogP) is 1.40. The molecule has 2 aliphatic heterocycles. The monoisotopic (exact) mass is 417 g/mol. The number of carboxylic acids is 1. The fraction of sp³-hybridized carbons (Fsp3) is 0.667. The molecule has 9 nitrogen and oxygen atoms in total. The Hall–Kier alpha value is -2.71. The summed E-state index contributed by atoms with van der Waals surface area (Å²) < 4.78 is 0. The molecule has 1 aromatic heterocycles. The predicted molar refractivity (Wildman–Crippen MR) is 111 cm³/mol. The highest BCUT2D eigenvalue weighted by Crippen LogP contribution is 2.21. The average Bonchev–Trinajstić information content (AvgIpc) is 2.77. The number of likely N-dealkylation sites (tertiary alicyclic amines) is 1. The summed E-state index contributed by atoms with van der Waals surface area (Å²) in [5.41, 5.74) is 1.03. The van der Waals surface area contributed by atoms with Crippen molar-refractivity contribution in [3.8, 4) is 0 Å². The second kappa shape index (κ2) is 10.9. The number of rotatable bonds is 8. The fourth-order valence-electron chi connectivity index (χ4n) is 4.19. The van der Waals surface area contributed by atoms with Gasteiger partial charge in [-0.15, -0.1) is 0 Å². The molecule has 2 amide bonds. The van der Waals surface area contributed by atoms with Crippen molar-refractivity contribution >= 4 is 23.5 Å². The molecular formula is C21H31N5O4. The Morgan fingerprint density at radius 1 is 0.900 bits per heavy atom. The van der Waals surface area contributed by atoms with Crippen LogP contribution in [0.3, 0.4) is 0 Å². The summed E-state index contributed by atoms with van der Waals surface area (Å²) in [5.74, 6) is -0.306. The van der Waals surface area contributed by atoms with Crippen molar-refractivity contribution in [1.82, 2.24) is 20.0 Å². The Morgan fingerprint density at radius 2 is 1.50 bits per heavy atom. The van der Waals surface area contributed by atoms with Gasteiger partial charge in [-0.25, -0.2) is 0 Å². The van der Waals surface area contributed by atoms with E-state index in [-0.39, 0.29) is 24.2 Å². The molecule has 0 atom stereocenters. The molecule has 0 aromatic carbocycles. The van der Waals surface area contributed by atoms with Gasteiger partial charge in [0.1, 0.15) is 0 Å². The number of carboxylic acid groups (broad SMARTS) is 1. The SMILES string of the molecule is O=C(O)CC1CCN(C(=O)CCCCC(=O)N2CCN(c3ccnnc3)CC2)CC1. The van der Waals surface area contributed by atoms with E-state index >= 15 is 0 Å². The molecule has 2 aliphatic rings. The van der Waals surface area contributed by atoms with Crippen LogP contribution in [0.25, 0.3) is 0 Å². The number of aliphatic carboxylic acids is 1. The molecule has 0 saturated carbocycles. The zero-order chi connectivity index (χ0) is 21.3. The van der Waals surface area contributed by atoms with Crippen molar-refractivity contribution in [1.29, 1.82) is 0 Å². The van der Waals surface area contributed by atoms with Crippen LogP contribution in [0.15, 0.2) is 18.5 Å². The van der Waals surface area contributed by atoms with Gasteiger partial charge in [0.15, 0.2) is 0 Å². The number of anilines is 1. The number of nitrogens with zero attached hydrogens (tertiary/aromatic N) is 5. The van der Waals surface area contributed by atoms with Gasteiger partial charge in [-0.05, 0) is 37.7 Å². The first kappa shape index (κ1) is 22.0. The number of carbonyl (C=O) groups excluding carboxylic acids is 2. The van der Waals surface area contributed by atoms with E-state index in [1.807, 2.05) is 15.9 Å². The van der Waals surface area contributed by atoms with E-state index < -0.39 is 5.97 Å². The number of hydrogen-bond donors (Lipinski definition) is 1. The van der Waals surface area contributed by atoms with Gasteiger partial charge in [0.05, 0.1) is 18.1 Å². The molecular weight excluding hydrogens is 386 g/mol.